The number of rotatable bonds is 2. The Kier molecular flexibility index (Phi) is 7.69. The summed E-state index contributed by atoms with van der Waals surface area (Å²) in [5.41, 5.74) is 12.1. The first-order chi connectivity index (χ1) is 15.4. The van der Waals surface area contributed by atoms with Gasteiger partial charge in [-0.25, -0.2) is 0 Å². The smallest absolute Gasteiger partial charge is 0.0150 e. The van der Waals surface area contributed by atoms with E-state index >= 15 is 0 Å². The average molecular weight is 477 g/mol. The fraction of sp³-hybridized carbons (Fsp3) is 0.657. The lowest BCUT2D eigenvalue weighted by Crippen LogP contribution is -2.33. The van der Waals surface area contributed by atoms with Crippen LogP contribution in [0, 0.1) is 19.3 Å². The van der Waals surface area contributed by atoms with Crippen molar-refractivity contribution >= 4 is 0 Å². The van der Waals surface area contributed by atoms with Gasteiger partial charge in [-0.05, 0) is 74.3 Å². The van der Waals surface area contributed by atoms with E-state index in [1.165, 1.54) is 33.4 Å². The molecule has 196 valence electrons. The van der Waals surface area contributed by atoms with Crippen molar-refractivity contribution < 1.29 is 0 Å². The molecule has 0 saturated carbocycles. The maximum atomic E-state index is 2.48. The highest BCUT2D eigenvalue weighted by Crippen LogP contribution is 2.53. The maximum Gasteiger partial charge on any atom is 0.0150 e. The highest BCUT2D eigenvalue weighted by molar-refractivity contribution is 5.57. The van der Waals surface area contributed by atoms with Gasteiger partial charge >= 0.3 is 0 Å². The van der Waals surface area contributed by atoms with Crippen LogP contribution in [0.4, 0.5) is 0 Å². The zero-order chi connectivity index (χ0) is 27.5. The van der Waals surface area contributed by atoms with Gasteiger partial charge < -0.3 is 0 Å². The Hall–Kier alpha value is -1.56. The fourth-order valence-electron chi connectivity index (χ4n) is 5.71. The van der Waals surface area contributed by atoms with Gasteiger partial charge in [-0.3, -0.25) is 0 Å². The van der Waals surface area contributed by atoms with Gasteiger partial charge in [0, 0.05) is 5.92 Å². The summed E-state index contributed by atoms with van der Waals surface area (Å²) in [7, 11) is 0. The molecule has 0 radical (unpaired) electrons. The molecule has 0 bridgehead atoms. The van der Waals surface area contributed by atoms with Crippen molar-refractivity contribution in [3.63, 3.8) is 0 Å². The lowest BCUT2D eigenvalue weighted by atomic mass is 9.60. The van der Waals surface area contributed by atoms with E-state index < -0.39 is 0 Å². The second-order valence-corrected chi connectivity index (χ2v) is 16.3. The third-order valence-corrected chi connectivity index (χ3v) is 7.32. The molecule has 0 aliphatic carbocycles. The molecule has 0 atom stereocenters. The molecular formula is C35H56. The van der Waals surface area contributed by atoms with Crippen LogP contribution in [-0.4, -0.2) is 0 Å². The number of hydrogen-bond donors (Lipinski definition) is 0. The predicted octanol–water partition coefficient (Wildman–Crippen LogP) is 10.7. The Morgan fingerprint density at radius 3 is 0.743 bits per heavy atom. The van der Waals surface area contributed by atoms with E-state index in [0.29, 0.717) is 0 Å². The Balaban J connectivity index is 3.31. The van der Waals surface area contributed by atoms with Crippen LogP contribution in [0.3, 0.4) is 0 Å². The van der Waals surface area contributed by atoms with E-state index in [2.05, 4.69) is 142 Å². The molecule has 0 amide bonds. The molecule has 35 heavy (non-hydrogen) atoms. The van der Waals surface area contributed by atoms with Crippen molar-refractivity contribution in [2.45, 2.75) is 145 Å². The Bertz CT molecular complexity index is 906. The zero-order valence-electron chi connectivity index (χ0n) is 26.4. The van der Waals surface area contributed by atoms with Crippen LogP contribution in [0.5, 0.6) is 0 Å². The van der Waals surface area contributed by atoms with Crippen molar-refractivity contribution in [3.05, 3.63) is 68.8 Å². The van der Waals surface area contributed by atoms with Crippen LogP contribution in [-0.2, 0) is 21.7 Å². The minimum absolute atomic E-state index is 0.0461. The second kappa shape index (κ2) is 9.08. The van der Waals surface area contributed by atoms with Crippen LogP contribution in [0.25, 0.3) is 0 Å². The van der Waals surface area contributed by atoms with Crippen LogP contribution >= 0.6 is 0 Å². The summed E-state index contributed by atoms with van der Waals surface area (Å²) in [6.45, 7) is 40.6. The summed E-state index contributed by atoms with van der Waals surface area (Å²) in [6, 6.07) is 9.91. The first kappa shape index (κ1) is 29.7. The molecule has 0 aliphatic rings. The number of benzene rings is 2. The predicted molar refractivity (Wildman–Crippen MR) is 158 cm³/mol. The first-order valence-corrected chi connectivity index (χ1v) is 13.7. The van der Waals surface area contributed by atoms with Gasteiger partial charge in [-0.15, -0.1) is 0 Å². The van der Waals surface area contributed by atoms with Gasteiger partial charge in [0.15, 0.2) is 0 Å². The van der Waals surface area contributed by atoms with Gasteiger partial charge in [-0.1, -0.05) is 139 Å². The van der Waals surface area contributed by atoms with Gasteiger partial charge in [0.2, 0.25) is 0 Å². The normalized spacial score (nSPS) is 14.1. The third-order valence-electron chi connectivity index (χ3n) is 7.32. The molecule has 2 aromatic rings. The Labute approximate surface area is 219 Å². The number of hydrogen-bond acceptors (Lipinski definition) is 0. The minimum Gasteiger partial charge on any atom is -0.0593 e. The van der Waals surface area contributed by atoms with E-state index in [4.69, 9.17) is 0 Å². The minimum atomic E-state index is 0.0461. The molecule has 0 aliphatic heterocycles. The molecule has 0 spiro atoms. The van der Waals surface area contributed by atoms with Crippen LogP contribution in [0.1, 0.15) is 154 Å². The van der Waals surface area contributed by atoms with Gasteiger partial charge in [0.05, 0.1) is 0 Å². The number of aryl methyl sites for hydroxylation is 2. The largest absolute Gasteiger partial charge is 0.0593 e. The lowest BCUT2D eigenvalue weighted by molar-refractivity contribution is 0.340. The molecule has 2 rings (SSSR count). The molecule has 0 saturated heterocycles. The topological polar surface area (TPSA) is 0 Å². The molecule has 0 N–H and O–H groups in total. The van der Waals surface area contributed by atoms with Gasteiger partial charge in [0.1, 0.15) is 0 Å². The second-order valence-electron chi connectivity index (χ2n) is 16.3. The van der Waals surface area contributed by atoms with Gasteiger partial charge in [0.25, 0.3) is 0 Å². The molecule has 0 aromatic heterocycles. The summed E-state index contributed by atoms with van der Waals surface area (Å²) in [6.07, 6.45) is 0. The molecule has 0 heterocycles. The average Bonchev–Trinajstić information content (AvgIpc) is 2.58. The summed E-state index contributed by atoms with van der Waals surface area (Å²) >= 11 is 0. The van der Waals surface area contributed by atoms with Crippen molar-refractivity contribution in [2.75, 3.05) is 0 Å². The molecule has 0 nitrogen and oxygen atoms in total. The summed E-state index contributed by atoms with van der Waals surface area (Å²) < 4.78 is 0. The van der Waals surface area contributed by atoms with Gasteiger partial charge in [-0.2, -0.15) is 0 Å². The fourth-order valence-corrected chi connectivity index (χ4v) is 5.71. The quantitative estimate of drug-likeness (QED) is 0.404. The van der Waals surface area contributed by atoms with Crippen LogP contribution < -0.4 is 0 Å². The lowest BCUT2D eigenvalue weighted by Gasteiger charge is -2.44. The van der Waals surface area contributed by atoms with Crippen molar-refractivity contribution in [3.8, 4) is 0 Å². The molecular weight excluding hydrogens is 420 g/mol. The van der Waals surface area contributed by atoms with E-state index in [1.807, 2.05) is 0 Å². The highest BCUT2D eigenvalue weighted by Gasteiger charge is 2.41. The Morgan fingerprint density at radius 2 is 0.600 bits per heavy atom. The Morgan fingerprint density at radius 1 is 0.400 bits per heavy atom. The molecule has 2 aromatic carbocycles. The SMILES string of the molecule is Cc1cc(C(C)(C)C)c(C(c2c(C(C)(C)C)cc(C)cc2C(C)(C)C)C(C)(C)C)c(C(C)(C)C)c1. The maximum absolute atomic E-state index is 2.48. The summed E-state index contributed by atoms with van der Waals surface area (Å²) in [5.74, 6) is 0.288. The first-order valence-electron chi connectivity index (χ1n) is 13.7. The van der Waals surface area contributed by atoms with E-state index in [-0.39, 0.29) is 33.0 Å². The van der Waals surface area contributed by atoms with E-state index in [1.54, 1.807) is 11.1 Å². The highest BCUT2D eigenvalue weighted by atomic mass is 14.4. The standard InChI is InChI=1S/C35H56/c1-22-18-24(31(3,4)5)28(25(19-22)32(6,7)8)30(35(15,16)17)29-26(33(9,10)11)20-23(2)21-27(29)34(12,13)14/h18-21,30H,1-17H3. The van der Waals surface area contributed by atoms with E-state index in [0.717, 1.165) is 0 Å². The van der Waals surface area contributed by atoms with Crippen molar-refractivity contribution in [1.82, 2.24) is 0 Å². The van der Waals surface area contributed by atoms with Crippen LogP contribution in [0.15, 0.2) is 24.3 Å². The monoisotopic (exact) mass is 476 g/mol. The van der Waals surface area contributed by atoms with Crippen molar-refractivity contribution in [2.24, 2.45) is 5.41 Å². The summed E-state index contributed by atoms with van der Waals surface area (Å²) in [4.78, 5) is 0. The van der Waals surface area contributed by atoms with E-state index in [9.17, 15) is 0 Å². The molecule has 0 fully saturated rings. The van der Waals surface area contributed by atoms with Crippen molar-refractivity contribution in [1.29, 1.82) is 0 Å². The summed E-state index contributed by atoms with van der Waals surface area (Å²) in [5, 5.41) is 0. The molecule has 0 heteroatoms. The zero-order valence-corrected chi connectivity index (χ0v) is 26.4. The molecule has 0 unspecified atom stereocenters. The van der Waals surface area contributed by atoms with Crippen LogP contribution in [0.2, 0.25) is 0 Å². The third kappa shape index (κ3) is 6.42.